The van der Waals surface area contributed by atoms with Gasteiger partial charge in [0.05, 0.1) is 29.9 Å². The van der Waals surface area contributed by atoms with Gasteiger partial charge in [-0.2, -0.15) is 0 Å². The number of cyclic esters (lactones) is 1. The zero-order valence-electron chi connectivity index (χ0n) is 35.9. The third-order valence-electron chi connectivity index (χ3n) is 13.6. The molecule has 15 nitrogen and oxygen atoms in total. The fourth-order valence-corrected chi connectivity index (χ4v) is 9.83. The molecule has 0 aliphatic carbocycles. The highest BCUT2D eigenvalue weighted by molar-refractivity contribution is 5.99. The summed E-state index contributed by atoms with van der Waals surface area (Å²) in [6, 6.07) is 4.51. The first-order valence-electron chi connectivity index (χ1n) is 20.8. The van der Waals surface area contributed by atoms with Crippen LogP contribution in [0.1, 0.15) is 92.7 Å². The summed E-state index contributed by atoms with van der Waals surface area (Å²) in [5, 5.41) is 12.3. The monoisotopic (exact) mass is 809 g/mol. The number of methoxy groups -OCH3 is 1. The second-order valence-corrected chi connectivity index (χ2v) is 17.7. The highest BCUT2D eigenvalue weighted by Gasteiger charge is 2.62. The van der Waals surface area contributed by atoms with E-state index in [9.17, 15) is 24.3 Å². The Morgan fingerprint density at radius 3 is 2.40 bits per heavy atom. The molecular weight excluding hydrogens is 746 g/mol. The van der Waals surface area contributed by atoms with Crippen LogP contribution >= 0.6 is 0 Å². The SMILES string of the molecule is CC[C@H]1OC(=O)[C@H](C)C(=O)CC(O[C@H]2O[C@H](C)C[C@H](N(C)C)[C@H]2O)[C@](C)(OC)C[C@@H](C)C(=O)[C@@H](C)[C@@H]2N(C3CN([C@H](C)c4ccnc5ncccc45)C3)C(=O)O[C@@]21C. The summed E-state index contributed by atoms with van der Waals surface area (Å²) in [7, 11) is 5.24. The van der Waals surface area contributed by atoms with Crippen LogP contribution in [-0.4, -0.2) is 148 Å². The molecule has 2 aromatic rings. The average Bonchev–Trinajstić information content (AvgIpc) is 3.44. The molecule has 4 aliphatic rings. The predicted octanol–water partition coefficient (Wildman–Crippen LogP) is 4.33. The fraction of sp³-hybridized carbons (Fsp3) is 0.721. The number of hydrogen-bond donors (Lipinski definition) is 1. The van der Waals surface area contributed by atoms with Gasteiger partial charge in [-0.1, -0.05) is 20.8 Å². The highest BCUT2D eigenvalue weighted by Crippen LogP contribution is 2.45. The number of carbonyl (C=O) groups is 4. The number of pyridine rings is 2. The topological polar surface area (TPSA) is 170 Å². The van der Waals surface area contributed by atoms with Gasteiger partial charge in [0.25, 0.3) is 0 Å². The van der Waals surface area contributed by atoms with Gasteiger partial charge in [-0.25, -0.2) is 14.8 Å². The van der Waals surface area contributed by atoms with Gasteiger partial charge in [0.15, 0.2) is 17.5 Å². The largest absolute Gasteiger partial charge is 0.458 e. The van der Waals surface area contributed by atoms with Crippen LogP contribution in [0.3, 0.4) is 0 Å². The summed E-state index contributed by atoms with van der Waals surface area (Å²) in [5.41, 5.74) is -0.923. The molecule has 2 aromatic heterocycles. The summed E-state index contributed by atoms with van der Waals surface area (Å²) in [6.45, 7) is 15.5. The lowest BCUT2D eigenvalue weighted by atomic mass is 9.74. The molecule has 4 saturated heterocycles. The second kappa shape index (κ2) is 17.2. The number of amides is 1. The number of carbonyl (C=O) groups excluding carboxylic acids is 4. The normalized spacial score (nSPS) is 37.9. The molecule has 58 heavy (non-hydrogen) atoms. The number of hydrogen-bond acceptors (Lipinski definition) is 14. The number of ketones is 2. The van der Waals surface area contributed by atoms with Crippen molar-refractivity contribution in [3.05, 3.63) is 36.2 Å². The minimum absolute atomic E-state index is 0.0126. The Hall–Kier alpha value is -3.60. The van der Waals surface area contributed by atoms with E-state index in [0.717, 1.165) is 10.9 Å². The zero-order valence-corrected chi connectivity index (χ0v) is 35.9. The summed E-state index contributed by atoms with van der Waals surface area (Å²) in [6.07, 6.45) is -0.775. The first-order chi connectivity index (χ1) is 27.3. The number of likely N-dealkylation sites (tertiary alicyclic amines) is 1. The maximum absolute atomic E-state index is 14.8. The van der Waals surface area contributed by atoms with Crippen molar-refractivity contribution in [3.8, 4) is 0 Å². The standard InChI is InChI=1S/C43H63N5O10/c1-12-33-43(8)37(48(41(53)58-43)28-21-47(22-28)27(6)29-15-17-45-38-30(29)14-13-16-44-38)26(5)35(50)23(2)20-42(7,54-11)34(19-32(49)25(4)39(52)56-33)57-40-36(51)31(46(9)10)18-24(3)55-40/h13-17,23-28,31,33-34,36-37,40,51H,12,18-22H2,1-11H3/t23-,24-,25-,26-,27-,31+,33-,34?,36-,37+,40-,42-,43-/m1/s1. The van der Waals surface area contributed by atoms with Crippen LogP contribution < -0.4 is 0 Å². The van der Waals surface area contributed by atoms with E-state index in [0.29, 0.717) is 25.2 Å². The predicted molar refractivity (Wildman–Crippen MR) is 213 cm³/mol. The van der Waals surface area contributed by atoms with E-state index in [-0.39, 0.29) is 49.3 Å². The quantitative estimate of drug-likeness (QED) is 0.295. The average molecular weight is 810 g/mol. The molecular formula is C43H63N5O10. The first kappa shape index (κ1) is 44.0. The van der Waals surface area contributed by atoms with Crippen molar-refractivity contribution in [2.24, 2.45) is 17.8 Å². The number of aliphatic hydroxyl groups excluding tert-OH is 1. The smallest absolute Gasteiger partial charge is 0.411 e. The van der Waals surface area contributed by atoms with Gasteiger partial charge in [-0.15, -0.1) is 0 Å². The number of nitrogens with zero attached hydrogens (tertiary/aromatic N) is 5. The van der Waals surface area contributed by atoms with Gasteiger partial charge in [-0.3, -0.25) is 24.2 Å². The summed E-state index contributed by atoms with van der Waals surface area (Å²) >= 11 is 0. The van der Waals surface area contributed by atoms with Crippen molar-refractivity contribution in [2.45, 2.75) is 147 Å². The molecule has 0 radical (unpaired) electrons. The van der Waals surface area contributed by atoms with Crippen LogP contribution in [-0.2, 0) is 38.1 Å². The molecule has 0 saturated carbocycles. The van der Waals surface area contributed by atoms with Gasteiger partial charge in [0.1, 0.15) is 29.7 Å². The third kappa shape index (κ3) is 8.14. The van der Waals surface area contributed by atoms with Gasteiger partial charge in [0, 0.05) is 68.3 Å². The van der Waals surface area contributed by atoms with E-state index in [4.69, 9.17) is 23.7 Å². The van der Waals surface area contributed by atoms with Gasteiger partial charge in [0.2, 0.25) is 0 Å². The van der Waals surface area contributed by atoms with Crippen LogP contribution in [0.2, 0.25) is 0 Å². The minimum atomic E-state index is -1.41. The minimum Gasteiger partial charge on any atom is -0.458 e. The lowest BCUT2D eigenvalue weighted by molar-refractivity contribution is -0.289. The van der Waals surface area contributed by atoms with Crippen molar-refractivity contribution in [3.63, 3.8) is 0 Å². The molecule has 4 aliphatic heterocycles. The number of esters is 1. The van der Waals surface area contributed by atoms with Crippen LogP contribution in [0.15, 0.2) is 30.6 Å². The number of Topliss-reactive ketones (excluding diaryl/α,β-unsaturated/α-hetero) is 2. The van der Waals surface area contributed by atoms with Crippen LogP contribution in [0.4, 0.5) is 4.79 Å². The Morgan fingerprint density at radius 2 is 1.74 bits per heavy atom. The molecule has 0 spiro atoms. The fourth-order valence-electron chi connectivity index (χ4n) is 9.83. The van der Waals surface area contributed by atoms with Crippen LogP contribution in [0, 0.1) is 17.8 Å². The Kier molecular flexibility index (Phi) is 13.0. The number of rotatable bonds is 8. The summed E-state index contributed by atoms with van der Waals surface area (Å²) in [5.74, 6) is -3.98. The van der Waals surface area contributed by atoms with Crippen molar-refractivity contribution in [1.29, 1.82) is 0 Å². The van der Waals surface area contributed by atoms with E-state index in [1.807, 2.05) is 64.9 Å². The second-order valence-electron chi connectivity index (χ2n) is 17.7. The Bertz CT molecular complexity index is 1840. The lowest BCUT2D eigenvalue weighted by Gasteiger charge is -2.50. The molecule has 1 N–H and O–H groups in total. The van der Waals surface area contributed by atoms with Crippen LogP contribution in [0.5, 0.6) is 0 Å². The maximum atomic E-state index is 14.8. The van der Waals surface area contributed by atoms with E-state index in [1.165, 1.54) is 14.0 Å². The summed E-state index contributed by atoms with van der Waals surface area (Å²) in [4.78, 5) is 71.6. The number of fused-ring (bicyclic) bond motifs is 2. The summed E-state index contributed by atoms with van der Waals surface area (Å²) < 4.78 is 31.2. The molecule has 6 heterocycles. The number of aromatic nitrogens is 2. The molecule has 0 bridgehead atoms. The Labute approximate surface area is 342 Å². The van der Waals surface area contributed by atoms with Gasteiger partial charge in [-0.05, 0) is 91.7 Å². The number of likely N-dealkylation sites (N-methyl/N-ethyl adjacent to an activating group) is 1. The van der Waals surface area contributed by atoms with E-state index in [1.54, 1.807) is 31.1 Å². The lowest BCUT2D eigenvalue weighted by Crippen LogP contribution is -2.66. The van der Waals surface area contributed by atoms with Crippen molar-refractivity contribution in [2.75, 3.05) is 34.3 Å². The van der Waals surface area contributed by atoms with Crippen molar-refractivity contribution < 1.29 is 48.0 Å². The molecule has 1 amide bonds. The molecule has 13 atom stereocenters. The Balaban J connectivity index is 1.31. The van der Waals surface area contributed by atoms with E-state index in [2.05, 4.69) is 21.8 Å². The van der Waals surface area contributed by atoms with E-state index < -0.39 is 77.4 Å². The number of aliphatic hydroxyl groups is 1. The molecule has 6 rings (SSSR count). The Morgan fingerprint density at radius 1 is 1.05 bits per heavy atom. The number of ether oxygens (including phenoxy) is 5. The highest BCUT2D eigenvalue weighted by atomic mass is 16.7. The molecule has 1 unspecified atom stereocenters. The first-order valence-corrected chi connectivity index (χ1v) is 20.8. The van der Waals surface area contributed by atoms with Crippen molar-refractivity contribution >= 4 is 34.7 Å². The van der Waals surface area contributed by atoms with Crippen LogP contribution in [0.25, 0.3) is 11.0 Å². The zero-order chi connectivity index (χ0) is 42.4. The van der Waals surface area contributed by atoms with Gasteiger partial charge < -0.3 is 33.7 Å². The molecule has 0 aromatic carbocycles. The van der Waals surface area contributed by atoms with Gasteiger partial charge >= 0.3 is 12.1 Å². The third-order valence-corrected chi connectivity index (χ3v) is 13.6. The van der Waals surface area contributed by atoms with E-state index >= 15 is 0 Å². The molecule has 15 heteroatoms. The maximum Gasteiger partial charge on any atom is 0.411 e. The molecule has 320 valence electrons. The van der Waals surface area contributed by atoms with Crippen molar-refractivity contribution in [1.82, 2.24) is 24.7 Å². The molecule has 4 fully saturated rings.